The minimum atomic E-state index is -1.91. The van der Waals surface area contributed by atoms with Crippen molar-refractivity contribution in [2.45, 2.75) is 70.1 Å². The molecule has 0 aliphatic carbocycles. The van der Waals surface area contributed by atoms with Crippen LogP contribution in [0.25, 0.3) is 0 Å². The van der Waals surface area contributed by atoms with Crippen LogP contribution in [-0.2, 0) is 33.3 Å². The monoisotopic (exact) mass is 422 g/mol. The van der Waals surface area contributed by atoms with E-state index >= 15 is 0 Å². The zero-order chi connectivity index (χ0) is 22.5. The van der Waals surface area contributed by atoms with Gasteiger partial charge in [-0.25, -0.2) is 9.59 Å². The van der Waals surface area contributed by atoms with E-state index in [9.17, 15) is 24.6 Å². The van der Waals surface area contributed by atoms with E-state index in [4.69, 9.17) is 18.9 Å². The summed E-state index contributed by atoms with van der Waals surface area (Å²) in [6.45, 7) is 8.86. The number of esters is 3. The minimum absolute atomic E-state index is 0.0138. The lowest BCUT2D eigenvalue weighted by Gasteiger charge is -2.40. The van der Waals surface area contributed by atoms with Gasteiger partial charge in [-0.2, -0.15) is 0 Å². The number of ether oxygens (including phenoxy) is 4. The molecular weight excluding hydrogens is 396 g/mol. The summed E-state index contributed by atoms with van der Waals surface area (Å²) in [7, 11) is 0. The maximum absolute atomic E-state index is 12.5. The van der Waals surface area contributed by atoms with E-state index < -0.39 is 47.6 Å². The molecule has 164 valence electrons. The van der Waals surface area contributed by atoms with Crippen molar-refractivity contribution in [3.05, 3.63) is 35.1 Å². The molecule has 3 heterocycles. The molecule has 3 aliphatic heterocycles. The predicted molar refractivity (Wildman–Crippen MR) is 101 cm³/mol. The van der Waals surface area contributed by atoms with E-state index in [1.165, 1.54) is 26.8 Å². The minimum Gasteiger partial charge on any atom is -0.461 e. The highest BCUT2D eigenvalue weighted by atomic mass is 16.7. The predicted octanol–water partition coefficient (Wildman–Crippen LogP) is 1.19. The van der Waals surface area contributed by atoms with Crippen LogP contribution in [0.3, 0.4) is 0 Å². The number of carbonyl (C=O) groups excluding carboxylic acids is 3. The van der Waals surface area contributed by atoms with Gasteiger partial charge in [-0.3, -0.25) is 4.79 Å². The van der Waals surface area contributed by atoms with Crippen LogP contribution in [0, 0.1) is 0 Å². The van der Waals surface area contributed by atoms with Crippen LogP contribution >= 0.6 is 0 Å². The molecule has 3 aliphatic rings. The second-order valence-electron chi connectivity index (χ2n) is 8.42. The lowest BCUT2D eigenvalue weighted by molar-refractivity contribution is -0.298. The Morgan fingerprint density at radius 2 is 1.93 bits per heavy atom. The van der Waals surface area contributed by atoms with E-state index in [-0.39, 0.29) is 35.3 Å². The lowest BCUT2D eigenvalue weighted by atomic mass is 9.82. The van der Waals surface area contributed by atoms with E-state index in [0.717, 1.165) is 0 Å². The fourth-order valence-corrected chi connectivity index (χ4v) is 3.86. The van der Waals surface area contributed by atoms with Crippen molar-refractivity contribution in [2.24, 2.45) is 0 Å². The summed E-state index contributed by atoms with van der Waals surface area (Å²) < 4.78 is 21.7. The summed E-state index contributed by atoms with van der Waals surface area (Å²) in [5.74, 6) is -3.96. The van der Waals surface area contributed by atoms with Crippen LogP contribution in [0.1, 0.15) is 47.0 Å². The molecule has 0 saturated carbocycles. The number of fused-ring (bicyclic) bond motifs is 3. The third-order valence-electron chi connectivity index (χ3n) is 5.60. The zero-order valence-electron chi connectivity index (χ0n) is 17.4. The van der Waals surface area contributed by atoms with Gasteiger partial charge in [0, 0.05) is 30.9 Å². The summed E-state index contributed by atoms with van der Waals surface area (Å²) in [5, 5.41) is 22.1. The van der Waals surface area contributed by atoms with Gasteiger partial charge in [-0.1, -0.05) is 6.58 Å². The average Bonchev–Trinajstić information content (AvgIpc) is 3.09. The normalized spacial score (nSPS) is 37.2. The van der Waals surface area contributed by atoms with Crippen molar-refractivity contribution in [2.75, 3.05) is 6.61 Å². The topological polar surface area (TPSA) is 129 Å². The maximum atomic E-state index is 12.5. The maximum Gasteiger partial charge on any atom is 0.343 e. The molecule has 0 spiro atoms. The first-order valence-electron chi connectivity index (χ1n) is 9.60. The lowest BCUT2D eigenvalue weighted by Crippen LogP contribution is -2.54. The molecule has 3 rings (SSSR count). The Morgan fingerprint density at radius 1 is 1.27 bits per heavy atom. The first kappa shape index (κ1) is 22.2. The van der Waals surface area contributed by atoms with Gasteiger partial charge in [0.25, 0.3) is 0 Å². The van der Waals surface area contributed by atoms with Gasteiger partial charge in [0.05, 0.1) is 11.2 Å². The molecule has 0 aromatic heterocycles. The smallest absolute Gasteiger partial charge is 0.343 e. The van der Waals surface area contributed by atoms with Gasteiger partial charge in [-0.15, -0.1) is 0 Å². The van der Waals surface area contributed by atoms with Crippen molar-refractivity contribution in [1.29, 1.82) is 0 Å². The molecule has 0 aromatic rings. The van der Waals surface area contributed by atoms with Crippen LogP contribution in [0.2, 0.25) is 0 Å². The first-order valence-corrected chi connectivity index (χ1v) is 9.60. The largest absolute Gasteiger partial charge is 0.461 e. The van der Waals surface area contributed by atoms with Crippen LogP contribution < -0.4 is 0 Å². The third-order valence-corrected chi connectivity index (χ3v) is 5.60. The Bertz CT molecular complexity index is 881. The van der Waals surface area contributed by atoms with Gasteiger partial charge in [0.15, 0.2) is 5.79 Å². The molecule has 0 aromatic carbocycles. The molecule has 4 atom stereocenters. The van der Waals surface area contributed by atoms with E-state index in [2.05, 4.69) is 6.58 Å². The molecule has 1 fully saturated rings. The van der Waals surface area contributed by atoms with Crippen molar-refractivity contribution < 1.29 is 43.5 Å². The molecule has 30 heavy (non-hydrogen) atoms. The number of hydrogen-bond acceptors (Lipinski definition) is 9. The fourth-order valence-electron chi connectivity index (χ4n) is 3.86. The van der Waals surface area contributed by atoms with Gasteiger partial charge >= 0.3 is 17.9 Å². The van der Waals surface area contributed by atoms with Crippen molar-refractivity contribution in [3.8, 4) is 0 Å². The highest BCUT2D eigenvalue weighted by Crippen LogP contribution is 2.49. The van der Waals surface area contributed by atoms with E-state index in [0.29, 0.717) is 6.42 Å². The first-order chi connectivity index (χ1) is 13.8. The second-order valence-corrected chi connectivity index (χ2v) is 8.42. The number of rotatable bonds is 4. The number of hydrogen-bond donors (Lipinski definition) is 2. The molecule has 4 unspecified atom stereocenters. The van der Waals surface area contributed by atoms with Crippen LogP contribution in [0.15, 0.2) is 35.1 Å². The molecular formula is C21H26O9. The van der Waals surface area contributed by atoms with E-state index in [1.807, 2.05) is 0 Å². The quantitative estimate of drug-likeness (QED) is 0.390. The number of aliphatic hydroxyl groups is 2. The molecule has 9 nitrogen and oxygen atoms in total. The SMILES string of the molecule is C=C(C)C(=O)OC1CC(C)(O)C2(O)CCC(C)(/C=C3\OC(=O)C(COC(C)=O)=C31)O2. The van der Waals surface area contributed by atoms with Crippen molar-refractivity contribution in [3.63, 3.8) is 0 Å². The molecule has 0 amide bonds. The second kappa shape index (κ2) is 7.33. The van der Waals surface area contributed by atoms with Gasteiger partial charge in [0.1, 0.15) is 24.1 Å². The Labute approximate surface area is 173 Å². The van der Waals surface area contributed by atoms with Gasteiger partial charge in [-0.05, 0) is 33.3 Å². The Hall–Kier alpha value is -2.49. The summed E-state index contributed by atoms with van der Waals surface area (Å²) >= 11 is 0. The van der Waals surface area contributed by atoms with Gasteiger partial charge in [0.2, 0.25) is 0 Å². The summed E-state index contributed by atoms with van der Waals surface area (Å²) in [5.41, 5.74) is -2.64. The molecule has 2 bridgehead atoms. The van der Waals surface area contributed by atoms with Crippen LogP contribution in [0.4, 0.5) is 0 Å². The average molecular weight is 422 g/mol. The molecule has 9 heteroatoms. The Morgan fingerprint density at radius 3 is 2.53 bits per heavy atom. The van der Waals surface area contributed by atoms with Crippen LogP contribution in [-0.4, -0.2) is 57.8 Å². The highest BCUT2D eigenvalue weighted by molar-refractivity contribution is 5.96. The Kier molecular flexibility index (Phi) is 5.43. The third kappa shape index (κ3) is 3.92. The summed E-state index contributed by atoms with van der Waals surface area (Å²) in [4.78, 5) is 36.1. The van der Waals surface area contributed by atoms with Crippen molar-refractivity contribution in [1.82, 2.24) is 0 Å². The summed E-state index contributed by atoms with van der Waals surface area (Å²) in [6, 6.07) is 0. The molecule has 1 saturated heterocycles. The van der Waals surface area contributed by atoms with Crippen molar-refractivity contribution >= 4 is 17.9 Å². The van der Waals surface area contributed by atoms with Crippen LogP contribution in [0.5, 0.6) is 0 Å². The molecule has 2 N–H and O–H groups in total. The highest BCUT2D eigenvalue weighted by Gasteiger charge is 2.58. The summed E-state index contributed by atoms with van der Waals surface area (Å²) in [6.07, 6.45) is 0.495. The standard InChI is InChI=1S/C21H26O9/c1-11(2)17(23)28-15-9-20(5,25)21(26)7-6-19(4,30-21)8-14-16(15)13(18(24)29-14)10-27-12(3)22/h8,15,25-26H,1,6-7,9-10H2,2-5H3/b14-8-. The van der Waals surface area contributed by atoms with E-state index in [1.54, 1.807) is 6.92 Å². The van der Waals surface area contributed by atoms with Gasteiger partial charge < -0.3 is 29.2 Å². The zero-order valence-corrected chi connectivity index (χ0v) is 17.4. The fraction of sp³-hybridized carbons (Fsp3) is 0.571. The Balaban J connectivity index is 2.17. The number of carbonyl (C=O) groups is 3. The molecule has 0 radical (unpaired) electrons.